The molecule has 0 heterocycles. The molecule has 0 bridgehead atoms. The van der Waals surface area contributed by atoms with Crippen molar-refractivity contribution in [3.63, 3.8) is 0 Å². The highest BCUT2D eigenvalue weighted by atomic mass is 16.1. The highest BCUT2D eigenvalue weighted by Crippen LogP contribution is 2.13. The summed E-state index contributed by atoms with van der Waals surface area (Å²) in [6.45, 7) is 2.28. The van der Waals surface area contributed by atoms with Gasteiger partial charge in [0.15, 0.2) is 0 Å². The van der Waals surface area contributed by atoms with Gasteiger partial charge in [-0.1, -0.05) is 96.1 Å². The Morgan fingerprint density at radius 1 is 0.524 bits per heavy atom. The summed E-state index contributed by atoms with van der Waals surface area (Å²) < 4.78 is 0. The zero-order valence-corrected chi connectivity index (χ0v) is 14.5. The number of rotatable bonds is 17. The molecule has 0 saturated carbocycles. The highest BCUT2D eigenvalue weighted by molar-refractivity contribution is 5.49. The second-order valence-corrected chi connectivity index (χ2v) is 6.25. The lowest BCUT2D eigenvalue weighted by Gasteiger charge is -2.02. The van der Waals surface area contributed by atoms with Gasteiger partial charge in [0.05, 0.1) is 0 Å². The van der Waals surface area contributed by atoms with E-state index in [9.17, 15) is 4.79 Å². The van der Waals surface area contributed by atoms with Crippen LogP contribution in [0.2, 0.25) is 0 Å². The largest absolute Gasteiger partial charge is 0.303 e. The predicted molar refractivity (Wildman–Crippen MR) is 94.8 cm³/mol. The number of allylic oxidation sites excluding steroid dienone is 2. The van der Waals surface area contributed by atoms with Crippen LogP contribution in [-0.4, -0.2) is 6.29 Å². The Bertz CT molecular complexity index is 220. The third kappa shape index (κ3) is 19.4. The van der Waals surface area contributed by atoms with Crippen molar-refractivity contribution >= 4 is 6.29 Å². The van der Waals surface area contributed by atoms with Crippen molar-refractivity contribution in [2.75, 3.05) is 0 Å². The monoisotopic (exact) mass is 294 g/mol. The lowest BCUT2D eigenvalue weighted by Crippen LogP contribution is -1.82. The van der Waals surface area contributed by atoms with Crippen molar-refractivity contribution in [1.82, 2.24) is 0 Å². The van der Waals surface area contributed by atoms with Gasteiger partial charge >= 0.3 is 0 Å². The molecule has 0 aromatic rings. The zero-order chi connectivity index (χ0) is 15.4. The van der Waals surface area contributed by atoms with E-state index in [4.69, 9.17) is 0 Å². The fourth-order valence-electron chi connectivity index (χ4n) is 2.68. The molecule has 0 atom stereocenters. The fraction of sp³-hybridized carbons (Fsp3) is 0.850. The molecule has 1 heteroatoms. The van der Waals surface area contributed by atoms with Crippen LogP contribution in [0.15, 0.2) is 12.2 Å². The number of hydrogen-bond acceptors (Lipinski definition) is 1. The van der Waals surface area contributed by atoms with Gasteiger partial charge in [-0.3, -0.25) is 0 Å². The van der Waals surface area contributed by atoms with E-state index in [-0.39, 0.29) is 0 Å². The first-order valence-electron chi connectivity index (χ1n) is 9.50. The molecule has 0 N–H and O–H groups in total. The topological polar surface area (TPSA) is 17.1 Å². The summed E-state index contributed by atoms with van der Waals surface area (Å²) in [4.78, 5) is 10.1. The standard InChI is InChI=1S/C20H38O/c1-2-3-4-5-6-7-8-9-10-11-12-13-14-15-16-17-18-19-20-21/h16-17,20H,2-15,18-19H2,1H3/b17-16-. The molecule has 0 amide bonds. The summed E-state index contributed by atoms with van der Waals surface area (Å²) in [5, 5.41) is 0. The van der Waals surface area contributed by atoms with Gasteiger partial charge in [-0.2, -0.15) is 0 Å². The van der Waals surface area contributed by atoms with Crippen LogP contribution in [0.3, 0.4) is 0 Å². The number of carbonyl (C=O) groups is 1. The van der Waals surface area contributed by atoms with E-state index >= 15 is 0 Å². The Morgan fingerprint density at radius 3 is 1.43 bits per heavy atom. The number of carbonyl (C=O) groups excluding carboxylic acids is 1. The maximum absolute atomic E-state index is 10.1. The second kappa shape index (κ2) is 19.4. The van der Waals surface area contributed by atoms with Crippen molar-refractivity contribution in [2.45, 2.75) is 110 Å². The van der Waals surface area contributed by atoms with E-state index in [1.165, 1.54) is 89.9 Å². The molecule has 0 saturated heterocycles. The first-order valence-corrected chi connectivity index (χ1v) is 9.50. The summed E-state index contributed by atoms with van der Waals surface area (Å²) in [7, 11) is 0. The molecule has 0 fully saturated rings. The quantitative estimate of drug-likeness (QED) is 0.160. The molecular weight excluding hydrogens is 256 g/mol. The Kier molecular flexibility index (Phi) is 18.9. The molecule has 1 nitrogen and oxygen atoms in total. The summed E-state index contributed by atoms with van der Waals surface area (Å²) >= 11 is 0. The molecule has 0 spiro atoms. The Labute approximate surface area is 133 Å². The van der Waals surface area contributed by atoms with Crippen molar-refractivity contribution < 1.29 is 4.79 Å². The normalized spacial score (nSPS) is 11.3. The Morgan fingerprint density at radius 2 is 0.952 bits per heavy atom. The number of aldehydes is 1. The van der Waals surface area contributed by atoms with Gasteiger partial charge in [0.1, 0.15) is 6.29 Å². The molecule has 0 aromatic carbocycles. The van der Waals surface area contributed by atoms with Crippen LogP contribution in [-0.2, 0) is 4.79 Å². The summed E-state index contributed by atoms with van der Waals surface area (Å²) in [5.41, 5.74) is 0. The van der Waals surface area contributed by atoms with E-state index in [0.29, 0.717) is 6.42 Å². The van der Waals surface area contributed by atoms with Gasteiger partial charge in [0, 0.05) is 6.42 Å². The van der Waals surface area contributed by atoms with Crippen molar-refractivity contribution in [3.8, 4) is 0 Å². The number of unbranched alkanes of at least 4 members (excludes halogenated alkanes) is 14. The first kappa shape index (κ1) is 20.4. The van der Waals surface area contributed by atoms with Gasteiger partial charge in [0.2, 0.25) is 0 Å². The molecule has 0 aliphatic heterocycles. The lowest BCUT2D eigenvalue weighted by atomic mass is 10.0. The molecule has 0 rings (SSSR count). The second-order valence-electron chi connectivity index (χ2n) is 6.25. The van der Waals surface area contributed by atoms with Crippen molar-refractivity contribution in [1.29, 1.82) is 0 Å². The predicted octanol–water partition coefficient (Wildman–Crippen LogP) is 7.00. The van der Waals surface area contributed by atoms with E-state index < -0.39 is 0 Å². The third-order valence-corrected chi connectivity index (χ3v) is 4.09. The summed E-state index contributed by atoms with van der Waals surface area (Å²) in [5.74, 6) is 0. The van der Waals surface area contributed by atoms with E-state index in [1.807, 2.05) is 0 Å². The molecule has 0 radical (unpaired) electrons. The zero-order valence-electron chi connectivity index (χ0n) is 14.5. The van der Waals surface area contributed by atoms with Crippen LogP contribution >= 0.6 is 0 Å². The molecule has 0 aromatic heterocycles. The molecule has 0 aliphatic rings. The molecule has 0 unspecified atom stereocenters. The molecule has 21 heavy (non-hydrogen) atoms. The van der Waals surface area contributed by atoms with Gasteiger partial charge in [-0.25, -0.2) is 0 Å². The first-order chi connectivity index (χ1) is 10.4. The van der Waals surface area contributed by atoms with Crippen LogP contribution in [0.5, 0.6) is 0 Å². The SMILES string of the molecule is CCCCCCCCCCCCCCC/C=C\CCC=O. The number of hydrogen-bond donors (Lipinski definition) is 0. The van der Waals surface area contributed by atoms with Gasteiger partial charge in [0.25, 0.3) is 0 Å². The van der Waals surface area contributed by atoms with Gasteiger partial charge < -0.3 is 4.79 Å². The molecular formula is C20H38O. The molecule has 0 aliphatic carbocycles. The maximum atomic E-state index is 10.1. The fourth-order valence-corrected chi connectivity index (χ4v) is 2.68. The minimum atomic E-state index is 0.676. The smallest absolute Gasteiger partial charge is 0.120 e. The van der Waals surface area contributed by atoms with E-state index in [2.05, 4.69) is 19.1 Å². The third-order valence-electron chi connectivity index (χ3n) is 4.09. The van der Waals surface area contributed by atoms with Crippen LogP contribution < -0.4 is 0 Å². The highest BCUT2D eigenvalue weighted by Gasteiger charge is 1.93. The average molecular weight is 295 g/mol. The van der Waals surface area contributed by atoms with Crippen LogP contribution in [0.25, 0.3) is 0 Å². The van der Waals surface area contributed by atoms with Crippen molar-refractivity contribution in [2.24, 2.45) is 0 Å². The Hall–Kier alpha value is -0.590. The molecule has 124 valence electrons. The minimum Gasteiger partial charge on any atom is -0.303 e. The van der Waals surface area contributed by atoms with Gasteiger partial charge in [-0.15, -0.1) is 0 Å². The average Bonchev–Trinajstić information content (AvgIpc) is 2.50. The lowest BCUT2D eigenvalue weighted by molar-refractivity contribution is -0.107. The van der Waals surface area contributed by atoms with Crippen LogP contribution in [0.1, 0.15) is 110 Å². The Balaban J connectivity index is 2.99. The van der Waals surface area contributed by atoms with Crippen LogP contribution in [0.4, 0.5) is 0 Å². The van der Waals surface area contributed by atoms with Gasteiger partial charge in [-0.05, 0) is 19.3 Å². The summed E-state index contributed by atoms with van der Waals surface area (Å²) in [6, 6.07) is 0. The van der Waals surface area contributed by atoms with E-state index in [0.717, 1.165) is 12.7 Å². The maximum Gasteiger partial charge on any atom is 0.120 e. The summed E-state index contributed by atoms with van der Waals surface area (Å²) in [6.07, 6.45) is 26.6. The van der Waals surface area contributed by atoms with Crippen LogP contribution in [0, 0.1) is 0 Å². The van der Waals surface area contributed by atoms with E-state index in [1.54, 1.807) is 0 Å². The minimum absolute atomic E-state index is 0.676. The van der Waals surface area contributed by atoms with Crippen molar-refractivity contribution in [3.05, 3.63) is 12.2 Å².